The molecule has 0 saturated heterocycles. The smallest absolute Gasteiger partial charge is 0.227 e. The Balaban J connectivity index is 2.65. The number of amides is 1. The van der Waals surface area contributed by atoms with Crippen LogP contribution in [0.4, 0.5) is 5.69 Å². The molecule has 0 radical (unpaired) electrons. The zero-order chi connectivity index (χ0) is 12.8. The van der Waals surface area contributed by atoms with E-state index >= 15 is 0 Å². The predicted molar refractivity (Wildman–Crippen MR) is 73.2 cm³/mol. The molecule has 0 aliphatic rings. The molecule has 0 aliphatic heterocycles. The van der Waals surface area contributed by atoms with E-state index < -0.39 is 0 Å². The standard InChI is InChI=1S/C15H23NO/c1-5-11(3)13-7-9-14(10-8-13)16-15(17)12(4)6-2/h7-12H,5-6H2,1-4H3,(H,16,17)/t11-,12-/m0/s1. The summed E-state index contributed by atoms with van der Waals surface area (Å²) in [6.07, 6.45) is 2.01. The van der Waals surface area contributed by atoms with Crippen molar-refractivity contribution in [3.05, 3.63) is 29.8 Å². The van der Waals surface area contributed by atoms with Crippen LogP contribution in [0.5, 0.6) is 0 Å². The van der Waals surface area contributed by atoms with Crippen LogP contribution in [0.1, 0.15) is 52.0 Å². The molecule has 0 bridgehead atoms. The van der Waals surface area contributed by atoms with Gasteiger partial charge in [-0.2, -0.15) is 0 Å². The van der Waals surface area contributed by atoms with Crippen LogP contribution in [0.3, 0.4) is 0 Å². The quantitative estimate of drug-likeness (QED) is 0.812. The fraction of sp³-hybridized carbons (Fsp3) is 0.533. The van der Waals surface area contributed by atoms with Crippen molar-refractivity contribution in [2.75, 3.05) is 5.32 Å². The summed E-state index contributed by atoms with van der Waals surface area (Å²) >= 11 is 0. The molecule has 1 rings (SSSR count). The third kappa shape index (κ3) is 3.88. The minimum Gasteiger partial charge on any atom is -0.326 e. The highest BCUT2D eigenvalue weighted by Crippen LogP contribution is 2.20. The van der Waals surface area contributed by atoms with Crippen LogP contribution in [-0.4, -0.2) is 5.91 Å². The zero-order valence-electron chi connectivity index (χ0n) is 11.3. The SMILES string of the molecule is CC[C@H](C)C(=O)Nc1ccc([C@@H](C)CC)cc1. The number of nitrogens with one attached hydrogen (secondary N) is 1. The molecule has 94 valence electrons. The first kappa shape index (κ1) is 13.8. The first-order valence-electron chi connectivity index (χ1n) is 6.49. The summed E-state index contributed by atoms with van der Waals surface area (Å²) in [5.74, 6) is 0.752. The van der Waals surface area contributed by atoms with Crippen LogP contribution in [-0.2, 0) is 4.79 Å². The lowest BCUT2D eigenvalue weighted by atomic mass is 9.98. The van der Waals surface area contributed by atoms with Crippen molar-refractivity contribution in [1.29, 1.82) is 0 Å². The van der Waals surface area contributed by atoms with E-state index in [1.54, 1.807) is 0 Å². The van der Waals surface area contributed by atoms with E-state index in [1.807, 2.05) is 26.0 Å². The molecule has 0 unspecified atom stereocenters. The Morgan fingerprint density at radius 1 is 1.12 bits per heavy atom. The molecular weight excluding hydrogens is 210 g/mol. The number of hydrogen-bond donors (Lipinski definition) is 1. The van der Waals surface area contributed by atoms with Gasteiger partial charge in [0.05, 0.1) is 0 Å². The number of carbonyl (C=O) groups excluding carboxylic acids is 1. The summed E-state index contributed by atoms with van der Waals surface area (Å²) in [4.78, 5) is 11.7. The summed E-state index contributed by atoms with van der Waals surface area (Å²) < 4.78 is 0. The fourth-order valence-corrected chi connectivity index (χ4v) is 1.58. The zero-order valence-corrected chi connectivity index (χ0v) is 11.3. The van der Waals surface area contributed by atoms with Gasteiger partial charge in [-0.05, 0) is 36.5 Å². The summed E-state index contributed by atoms with van der Waals surface area (Å²) in [5, 5.41) is 2.94. The third-order valence-electron chi connectivity index (χ3n) is 3.42. The molecule has 17 heavy (non-hydrogen) atoms. The fourth-order valence-electron chi connectivity index (χ4n) is 1.58. The molecule has 1 aromatic carbocycles. The second-order valence-corrected chi connectivity index (χ2v) is 4.73. The lowest BCUT2D eigenvalue weighted by Gasteiger charge is -2.12. The molecule has 2 nitrogen and oxygen atoms in total. The second kappa shape index (κ2) is 6.43. The number of anilines is 1. The third-order valence-corrected chi connectivity index (χ3v) is 3.42. The lowest BCUT2D eigenvalue weighted by molar-refractivity contribution is -0.119. The number of benzene rings is 1. The van der Waals surface area contributed by atoms with Crippen LogP contribution in [0.25, 0.3) is 0 Å². The first-order chi connectivity index (χ1) is 8.08. The molecule has 1 aromatic rings. The number of hydrogen-bond acceptors (Lipinski definition) is 1. The normalized spacial score (nSPS) is 14.1. The van der Waals surface area contributed by atoms with Crippen molar-refractivity contribution >= 4 is 11.6 Å². The summed E-state index contributed by atoms with van der Waals surface area (Å²) in [6.45, 7) is 8.37. The number of rotatable bonds is 5. The van der Waals surface area contributed by atoms with E-state index in [0.29, 0.717) is 5.92 Å². The van der Waals surface area contributed by atoms with Crippen LogP contribution < -0.4 is 5.32 Å². The maximum Gasteiger partial charge on any atom is 0.227 e. The molecular formula is C15H23NO. The van der Waals surface area contributed by atoms with Gasteiger partial charge in [0.25, 0.3) is 0 Å². The minimum atomic E-state index is 0.0734. The van der Waals surface area contributed by atoms with Gasteiger partial charge >= 0.3 is 0 Å². The highest BCUT2D eigenvalue weighted by Gasteiger charge is 2.10. The summed E-state index contributed by atoms with van der Waals surface area (Å²) in [6, 6.07) is 8.17. The van der Waals surface area contributed by atoms with E-state index in [1.165, 1.54) is 5.56 Å². The minimum absolute atomic E-state index is 0.0734. The highest BCUT2D eigenvalue weighted by molar-refractivity contribution is 5.92. The van der Waals surface area contributed by atoms with Gasteiger partial charge in [0.1, 0.15) is 0 Å². The molecule has 0 fully saturated rings. The van der Waals surface area contributed by atoms with Gasteiger partial charge in [0.2, 0.25) is 5.91 Å². The van der Waals surface area contributed by atoms with Crippen LogP contribution >= 0.6 is 0 Å². The van der Waals surface area contributed by atoms with Crippen LogP contribution in [0.2, 0.25) is 0 Å². The average molecular weight is 233 g/mol. The van der Waals surface area contributed by atoms with E-state index in [4.69, 9.17) is 0 Å². The topological polar surface area (TPSA) is 29.1 Å². The molecule has 0 heterocycles. The molecule has 0 aliphatic carbocycles. The number of carbonyl (C=O) groups is 1. The van der Waals surface area contributed by atoms with Crippen LogP contribution in [0, 0.1) is 5.92 Å². The Labute approximate surface area is 104 Å². The molecule has 1 N–H and O–H groups in total. The van der Waals surface area contributed by atoms with E-state index in [-0.39, 0.29) is 11.8 Å². The highest BCUT2D eigenvalue weighted by atomic mass is 16.1. The van der Waals surface area contributed by atoms with Gasteiger partial charge in [-0.25, -0.2) is 0 Å². The van der Waals surface area contributed by atoms with Crippen LogP contribution in [0.15, 0.2) is 24.3 Å². The molecule has 1 amide bonds. The van der Waals surface area contributed by atoms with Crippen molar-refractivity contribution in [3.63, 3.8) is 0 Å². The molecule has 2 heteroatoms. The van der Waals surface area contributed by atoms with Gasteiger partial charge in [-0.3, -0.25) is 4.79 Å². The summed E-state index contributed by atoms with van der Waals surface area (Å²) in [7, 11) is 0. The van der Waals surface area contributed by atoms with Crippen molar-refractivity contribution in [2.24, 2.45) is 5.92 Å². The van der Waals surface area contributed by atoms with Crippen molar-refractivity contribution in [1.82, 2.24) is 0 Å². The first-order valence-corrected chi connectivity index (χ1v) is 6.49. The van der Waals surface area contributed by atoms with Crippen molar-refractivity contribution < 1.29 is 4.79 Å². The van der Waals surface area contributed by atoms with Gasteiger partial charge < -0.3 is 5.32 Å². The van der Waals surface area contributed by atoms with Crippen molar-refractivity contribution in [2.45, 2.75) is 46.5 Å². The Bertz CT molecular complexity index is 356. The van der Waals surface area contributed by atoms with Gasteiger partial charge in [0.15, 0.2) is 0 Å². The van der Waals surface area contributed by atoms with E-state index in [9.17, 15) is 4.79 Å². The second-order valence-electron chi connectivity index (χ2n) is 4.73. The van der Waals surface area contributed by atoms with Gasteiger partial charge in [-0.1, -0.05) is 39.8 Å². The maximum atomic E-state index is 11.7. The summed E-state index contributed by atoms with van der Waals surface area (Å²) in [5.41, 5.74) is 2.22. The molecule has 0 aromatic heterocycles. The monoisotopic (exact) mass is 233 g/mol. The lowest BCUT2D eigenvalue weighted by Crippen LogP contribution is -2.19. The largest absolute Gasteiger partial charge is 0.326 e. The Kier molecular flexibility index (Phi) is 5.20. The molecule has 0 spiro atoms. The Morgan fingerprint density at radius 3 is 2.18 bits per heavy atom. The predicted octanol–water partition coefficient (Wildman–Crippen LogP) is 4.18. The van der Waals surface area contributed by atoms with Crippen molar-refractivity contribution in [3.8, 4) is 0 Å². The Morgan fingerprint density at radius 2 is 1.71 bits per heavy atom. The van der Waals surface area contributed by atoms with Gasteiger partial charge in [-0.15, -0.1) is 0 Å². The van der Waals surface area contributed by atoms with E-state index in [2.05, 4.69) is 31.3 Å². The van der Waals surface area contributed by atoms with Gasteiger partial charge in [0, 0.05) is 11.6 Å². The molecule has 2 atom stereocenters. The van der Waals surface area contributed by atoms with E-state index in [0.717, 1.165) is 18.5 Å². The maximum absolute atomic E-state index is 11.7. The average Bonchev–Trinajstić information content (AvgIpc) is 2.37. The molecule has 0 saturated carbocycles. The Hall–Kier alpha value is -1.31.